The lowest BCUT2D eigenvalue weighted by atomic mass is 10.2. The quantitative estimate of drug-likeness (QED) is 0.592. The molecule has 27 heavy (non-hydrogen) atoms. The minimum Gasteiger partial charge on any atom is -1.00 e. The van der Waals surface area contributed by atoms with Crippen molar-refractivity contribution in [1.82, 2.24) is 16.0 Å². The SMILES string of the molecule is C1CCC2=NCCCN2CC1.C1CCC2=NCCCN2CC1.CN.Cl.N.[Cl-]. The zero-order chi connectivity index (χ0) is 17.0. The van der Waals surface area contributed by atoms with E-state index >= 15 is 0 Å². The summed E-state index contributed by atoms with van der Waals surface area (Å²) < 4.78 is 0. The molecule has 0 saturated carbocycles. The Balaban J connectivity index is 0. The smallest absolute Gasteiger partial charge is 0.0988 e. The van der Waals surface area contributed by atoms with Gasteiger partial charge in [0, 0.05) is 52.1 Å². The fourth-order valence-corrected chi connectivity index (χ4v) is 3.88. The van der Waals surface area contributed by atoms with Gasteiger partial charge in [0.25, 0.3) is 0 Å². The summed E-state index contributed by atoms with van der Waals surface area (Å²) >= 11 is 0. The first-order valence-corrected chi connectivity index (χ1v) is 10.1. The lowest BCUT2D eigenvalue weighted by Gasteiger charge is -2.27. The molecule has 0 bridgehead atoms. The van der Waals surface area contributed by atoms with Gasteiger partial charge in [0.15, 0.2) is 0 Å². The number of amidine groups is 2. The van der Waals surface area contributed by atoms with E-state index < -0.39 is 0 Å². The largest absolute Gasteiger partial charge is 1.00 e. The molecule has 0 atom stereocenters. The maximum atomic E-state index is 4.55. The van der Waals surface area contributed by atoms with E-state index in [0.29, 0.717) is 0 Å². The van der Waals surface area contributed by atoms with Crippen LogP contribution in [-0.2, 0) is 0 Å². The highest BCUT2D eigenvalue weighted by Crippen LogP contribution is 2.16. The summed E-state index contributed by atoms with van der Waals surface area (Å²) in [4.78, 5) is 14.1. The molecule has 0 spiro atoms. The Morgan fingerprint density at radius 2 is 1.00 bits per heavy atom. The average molecular weight is 424 g/mol. The summed E-state index contributed by atoms with van der Waals surface area (Å²) in [6.07, 6.45) is 13.3. The number of hydrogen-bond acceptors (Lipinski definition) is 6. The molecule has 0 aromatic heterocycles. The molecule has 2 fully saturated rings. The molecule has 0 aromatic rings. The van der Waals surface area contributed by atoms with Gasteiger partial charge in [0.05, 0.1) is 11.7 Å². The minimum absolute atomic E-state index is 0. The molecule has 4 rings (SSSR count). The van der Waals surface area contributed by atoms with Gasteiger partial charge < -0.3 is 34.1 Å². The predicted octanol–water partition coefficient (Wildman–Crippen LogP) is 0.492. The van der Waals surface area contributed by atoms with Gasteiger partial charge in [-0.05, 0) is 45.6 Å². The summed E-state index contributed by atoms with van der Waals surface area (Å²) in [5, 5.41) is 0. The maximum Gasteiger partial charge on any atom is 0.0988 e. The van der Waals surface area contributed by atoms with Gasteiger partial charge in [0.1, 0.15) is 0 Å². The first kappa shape index (κ1) is 28.6. The Bertz CT molecular complexity index is 379. The molecule has 162 valence electrons. The Morgan fingerprint density at radius 3 is 1.41 bits per heavy atom. The minimum atomic E-state index is 0. The standard InChI is InChI=1S/2C9H16N2.CH5N.2ClH.H3N/c2*1-2-5-9-10-6-4-8-11(9)7-3-1;1-2;;;/h2*1-8H2;2H2,1H3;2*1H;1H3/p-1. The normalized spacial score (nSPS) is 21.0. The van der Waals surface area contributed by atoms with Gasteiger partial charge in [-0.25, -0.2) is 0 Å². The van der Waals surface area contributed by atoms with Crippen molar-refractivity contribution in [2.24, 2.45) is 15.7 Å². The second kappa shape index (κ2) is 17.5. The summed E-state index contributed by atoms with van der Waals surface area (Å²) in [6, 6.07) is 0. The zero-order valence-electron chi connectivity index (χ0n) is 17.2. The van der Waals surface area contributed by atoms with Gasteiger partial charge in [-0.1, -0.05) is 12.8 Å². The molecule has 0 aliphatic carbocycles. The lowest BCUT2D eigenvalue weighted by molar-refractivity contribution is -0.00000604. The molecule has 4 aliphatic rings. The van der Waals surface area contributed by atoms with Gasteiger partial charge >= 0.3 is 0 Å². The summed E-state index contributed by atoms with van der Waals surface area (Å²) in [6.45, 7) is 7.20. The molecular weight excluding hydrogens is 383 g/mol. The number of fused-ring (bicyclic) bond motifs is 2. The van der Waals surface area contributed by atoms with Gasteiger partial charge in [0.2, 0.25) is 0 Å². The van der Waals surface area contributed by atoms with Crippen LogP contribution in [0.5, 0.6) is 0 Å². The van der Waals surface area contributed by atoms with Crippen molar-refractivity contribution < 1.29 is 12.4 Å². The highest BCUT2D eigenvalue weighted by Gasteiger charge is 2.17. The molecule has 6 nitrogen and oxygen atoms in total. The third-order valence-corrected chi connectivity index (χ3v) is 5.15. The third-order valence-electron chi connectivity index (χ3n) is 5.15. The summed E-state index contributed by atoms with van der Waals surface area (Å²) in [5.41, 5.74) is 4.50. The van der Waals surface area contributed by atoms with Crippen molar-refractivity contribution in [2.45, 2.75) is 64.2 Å². The van der Waals surface area contributed by atoms with E-state index in [9.17, 15) is 0 Å². The summed E-state index contributed by atoms with van der Waals surface area (Å²) in [5.74, 6) is 2.79. The van der Waals surface area contributed by atoms with Crippen molar-refractivity contribution in [3.8, 4) is 0 Å². The second-order valence-electron chi connectivity index (χ2n) is 6.90. The van der Waals surface area contributed by atoms with Crippen LogP contribution >= 0.6 is 12.4 Å². The molecule has 5 N–H and O–H groups in total. The van der Waals surface area contributed by atoms with E-state index in [1.165, 1.54) is 109 Å². The van der Waals surface area contributed by atoms with Crippen LogP contribution < -0.4 is 24.3 Å². The van der Waals surface area contributed by atoms with Crippen LogP contribution in [0.2, 0.25) is 0 Å². The molecule has 2 saturated heterocycles. The van der Waals surface area contributed by atoms with Crippen LogP contribution in [0.15, 0.2) is 9.98 Å². The number of nitrogens with two attached hydrogens (primary N) is 1. The van der Waals surface area contributed by atoms with Crippen LogP contribution in [0.1, 0.15) is 64.2 Å². The van der Waals surface area contributed by atoms with Crippen molar-refractivity contribution in [1.29, 1.82) is 0 Å². The highest BCUT2D eigenvalue weighted by atomic mass is 35.5. The molecule has 0 radical (unpaired) electrons. The van der Waals surface area contributed by atoms with E-state index in [0.717, 1.165) is 13.1 Å². The van der Waals surface area contributed by atoms with E-state index in [1.54, 1.807) is 0 Å². The Labute approximate surface area is 178 Å². The molecule has 0 aromatic carbocycles. The van der Waals surface area contributed by atoms with Crippen LogP contribution in [0.4, 0.5) is 0 Å². The Morgan fingerprint density at radius 1 is 0.630 bits per heavy atom. The number of aliphatic imine (C=N–C) groups is 2. The molecular formula is C19H41Cl2N6-. The van der Waals surface area contributed by atoms with Crippen LogP contribution in [0, 0.1) is 0 Å². The third kappa shape index (κ3) is 9.97. The van der Waals surface area contributed by atoms with Gasteiger partial charge in [-0.15, -0.1) is 12.4 Å². The summed E-state index contributed by atoms with van der Waals surface area (Å²) in [7, 11) is 1.50. The molecule has 4 heterocycles. The number of rotatable bonds is 0. The van der Waals surface area contributed by atoms with Crippen LogP contribution in [-0.4, -0.2) is 67.8 Å². The van der Waals surface area contributed by atoms with Gasteiger partial charge in [-0.3, -0.25) is 9.98 Å². The molecule has 4 aliphatic heterocycles. The van der Waals surface area contributed by atoms with E-state index in [2.05, 4.69) is 25.5 Å². The lowest BCUT2D eigenvalue weighted by Crippen LogP contribution is -3.00. The molecule has 0 unspecified atom stereocenters. The fourth-order valence-electron chi connectivity index (χ4n) is 3.88. The maximum absolute atomic E-state index is 4.55. The van der Waals surface area contributed by atoms with Crippen molar-refractivity contribution in [2.75, 3.05) is 46.3 Å². The monoisotopic (exact) mass is 423 g/mol. The van der Waals surface area contributed by atoms with E-state index in [-0.39, 0.29) is 31.0 Å². The fraction of sp³-hybridized carbons (Fsp3) is 0.895. The van der Waals surface area contributed by atoms with Crippen LogP contribution in [0.25, 0.3) is 0 Å². The van der Waals surface area contributed by atoms with Gasteiger partial charge in [-0.2, -0.15) is 0 Å². The molecule has 0 amide bonds. The average Bonchev–Trinajstić information content (AvgIpc) is 3.04. The number of halogens is 2. The zero-order valence-corrected chi connectivity index (χ0v) is 18.7. The van der Waals surface area contributed by atoms with Crippen molar-refractivity contribution >= 4 is 24.1 Å². The number of nitrogens with zero attached hydrogens (tertiary/aromatic N) is 4. The predicted molar refractivity (Wildman–Crippen MR) is 116 cm³/mol. The van der Waals surface area contributed by atoms with Crippen LogP contribution in [0.3, 0.4) is 0 Å². The highest BCUT2D eigenvalue weighted by molar-refractivity contribution is 5.85. The topological polar surface area (TPSA) is 92.2 Å². The number of hydrogen-bond donors (Lipinski definition) is 2. The van der Waals surface area contributed by atoms with E-state index in [1.807, 2.05) is 0 Å². The van der Waals surface area contributed by atoms with Crippen molar-refractivity contribution in [3.05, 3.63) is 0 Å². The second-order valence-corrected chi connectivity index (χ2v) is 6.90. The van der Waals surface area contributed by atoms with Crippen molar-refractivity contribution in [3.63, 3.8) is 0 Å². The Hall–Kier alpha value is -0.560. The molecule has 8 heteroatoms. The first-order valence-electron chi connectivity index (χ1n) is 10.1. The van der Waals surface area contributed by atoms with E-state index in [4.69, 9.17) is 0 Å². The Kier molecular flexibility index (Phi) is 18.6. The first-order chi connectivity index (χ1) is 11.9.